The van der Waals surface area contributed by atoms with Crippen molar-refractivity contribution in [1.82, 2.24) is 0 Å². The normalized spacial score (nSPS) is 11.3. The van der Waals surface area contributed by atoms with Crippen molar-refractivity contribution < 1.29 is 4.42 Å². The van der Waals surface area contributed by atoms with Crippen molar-refractivity contribution in [2.75, 3.05) is 4.90 Å². The van der Waals surface area contributed by atoms with Gasteiger partial charge in [-0.3, -0.25) is 0 Å². The topological polar surface area (TPSA) is 16.4 Å². The van der Waals surface area contributed by atoms with E-state index in [9.17, 15) is 0 Å². The zero-order valence-corrected chi connectivity index (χ0v) is 26.3. The van der Waals surface area contributed by atoms with E-state index in [2.05, 4.69) is 193 Å². The molecule has 8 aromatic carbocycles. The smallest absolute Gasteiger partial charge is 0.136 e. The lowest BCUT2D eigenvalue weighted by atomic mass is 9.98. The minimum Gasteiger partial charge on any atom is -0.456 e. The minimum atomic E-state index is 0.895. The molecule has 0 amide bonds. The fourth-order valence-electron chi connectivity index (χ4n) is 6.84. The van der Waals surface area contributed by atoms with Crippen LogP contribution in [0.2, 0.25) is 0 Å². The molecule has 0 N–H and O–H groups in total. The summed E-state index contributed by atoms with van der Waals surface area (Å²) in [6.07, 6.45) is 0. The zero-order valence-electron chi connectivity index (χ0n) is 26.3. The highest BCUT2D eigenvalue weighted by Crippen LogP contribution is 2.43. The van der Waals surface area contributed by atoms with Gasteiger partial charge in [-0.25, -0.2) is 0 Å². The second kappa shape index (κ2) is 11.8. The van der Waals surface area contributed by atoms with Crippen LogP contribution in [0.3, 0.4) is 0 Å². The molecule has 226 valence electrons. The van der Waals surface area contributed by atoms with E-state index < -0.39 is 0 Å². The predicted molar refractivity (Wildman–Crippen MR) is 202 cm³/mol. The molecule has 9 rings (SSSR count). The summed E-state index contributed by atoms with van der Waals surface area (Å²) >= 11 is 0. The van der Waals surface area contributed by atoms with Gasteiger partial charge in [0.2, 0.25) is 0 Å². The van der Waals surface area contributed by atoms with Gasteiger partial charge >= 0.3 is 0 Å². The lowest BCUT2D eigenvalue weighted by Gasteiger charge is -2.28. The van der Waals surface area contributed by atoms with Crippen LogP contribution in [0.15, 0.2) is 192 Å². The van der Waals surface area contributed by atoms with Gasteiger partial charge in [-0.2, -0.15) is 0 Å². The van der Waals surface area contributed by atoms with Gasteiger partial charge in [0.05, 0.1) is 5.69 Å². The molecule has 2 nitrogen and oxygen atoms in total. The Morgan fingerprint density at radius 2 is 0.812 bits per heavy atom. The number of benzene rings is 8. The number of fused-ring (bicyclic) bond motifs is 4. The van der Waals surface area contributed by atoms with Crippen molar-refractivity contribution in [2.24, 2.45) is 0 Å². The van der Waals surface area contributed by atoms with E-state index >= 15 is 0 Å². The molecule has 0 saturated heterocycles. The van der Waals surface area contributed by atoms with E-state index in [-0.39, 0.29) is 0 Å². The fraction of sp³-hybridized carbons (Fsp3) is 0. The number of anilines is 3. The van der Waals surface area contributed by atoms with Crippen molar-refractivity contribution in [3.63, 3.8) is 0 Å². The van der Waals surface area contributed by atoms with Crippen LogP contribution >= 0.6 is 0 Å². The molecular formula is C46H31NO. The maximum Gasteiger partial charge on any atom is 0.136 e. The van der Waals surface area contributed by atoms with E-state index in [4.69, 9.17) is 4.42 Å². The average molecular weight is 614 g/mol. The van der Waals surface area contributed by atoms with Crippen molar-refractivity contribution in [3.05, 3.63) is 188 Å². The second-order valence-electron chi connectivity index (χ2n) is 12.2. The molecule has 2 heteroatoms. The van der Waals surface area contributed by atoms with Crippen LogP contribution in [0.1, 0.15) is 0 Å². The van der Waals surface area contributed by atoms with Gasteiger partial charge < -0.3 is 9.32 Å². The molecule has 0 unspecified atom stereocenters. The molecule has 0 fully saturated rings. The highest BCUT2D eigenvalue weighted by Gasteiger charge is 2.19. The van der Waals surface area contributed by atoms with Crippen LogP contribution in [0.5, 0.6) is 0 Å². The molecule has 9 aromatic rings. The maximum absolute atomic E-state index is 6.35. The summed E-state index contributed by atoms with van der Waals surface area (Å²) in [6.45, 7) is 0. The molecule has 1 aromatic heterocycles. The predicted octanol–water partition coefficient (Wildman–Crippen LogP) is 13.2. The van der Waals surface area contributed by atoms with Crippen molar-refractivity contribution >= 4 is 49.8 Å². The Hall–Kier alpha value is -6.38. The molecule has 0 atom stereocenters. The van der Waals surface area contributed by atoms with Crippen molar-refractivity contribution in [2.45, 2.75) is 0 Å². The first-order valence-electron chi connectivity index (χ1n) is 16.3. The van der Waals surface area contributed by atoms with E-state index in [0.717, 1.165) is 50.1 Å². The summed E-state index contributed by atoms with van der Waals surface area (Å²) in [5, 5.41) is 4.64. The summed E-state index contributed by atoms with van der Waals surface area (Å²) in [7, 11) is 0. The summed E-state index contributed by atoms with van der Waals surface area (Å²) in [4.78, 5) is 2.37. The van der Waals surface area contributed by atoms with Gasteiger partial charge in [0.25, 0.3) is 0 Å². The van der Waals surface area contributed by atoms with Gasteiger partial charge in [-0.1, -0.05) is 133 Å². The quantitative estimate of drug-likeness (QED) is 0.185. The third-order valence-corrected chi connectivity index (χ3v) is 9.26. The molecule has 0 aliphatic heterocycles. The van der Waals surface area contributed by atoms with Gasteiger partial charge in [0.15, 0.2) is 0 Å². The highest BCUT2D eigenvalue weighted by atomic mass is 16.3. The molecule has 0 aliphatic carbocycles. The third kappa shape index (κ3) is 5.01. The number of rotatable bonds is 6. The molecule has 1 heterocycles. The maximum atomic E-state index is 6.35. The number of furan rings is 1. The van der Waals surface area contributed by atoms with E-state index in [1.807, 2.05) is 0 Å². The van der Waals surface area contributed by atoms with E-state index in [0.29, 0.717) is 0 Å². The Kier molecular flexibility index (Phi) is 6.84. The molecular weight excluding hydrogens is 583 g/mol. The Morgan fingerprint density at radius 1 is 0.333 bits per heavy atom. The standard InChI is InChI=1S/C46H31NO/c1-3-11-32(12-4-1)34-19-24-39(25-20-34)47(40-26-21-35(22-27-40)33-13-5-2-6-14-33)44-18-10-9-17-41(44)38-23-28-45-42(30-38)43-29-36-15-7-8-16-37(36)31-46(43)48-45/h1-31H. The Balaban J connectivity index is 1.19. The average Bonchev–Trinajstić information content (AvgIpc) is 3.52. The third-order valence-electron chi connectivity index (χ3n) is 9.26. The Morgan fingerprint density at radius 3 is 1.44 bits per heavy atom. The minimum absolute atomic E-state index is 0.895. The summed E-state index contributed by atoms with van der Waals surface area (Å²) in [5.41, 5.74) is 12.2. The Bertz CT molecular complexity index is 2450. The van der Waals surface area contributed by atoms with Gasteiger partial charge in [-0.15, -0.1) is 0 Å². The molecule has 0 spiro atoms. The van der Waals surface area contributed by atoms with Crippen LogP contribution in [-0.4, -0.2) is 0 Å². The number of hydrogen-bond donors (Lipinski definition) is 0. The lowest BCUT2D eigenvalue weighted by molar-refractivity contribution is 0.669. The molecule has 0 radical (unpaired) electrons. The van der Waals surface area contributed by atoms with Crippen molar-refractivity contribution in [3.8, 4) is 33.4 Å². The number of hydrogen-bond acceptors (Lipinski definition) is 2. The Labute approximate surface area is 279 Å². The first-order chi connectivity index (χ1) is 23.8. The van der Waals surface area contributed by atoms with E-state index in [1.165, 1.54) is 33.0 Å². The fourth-order valence-corrected chi connectivity index (χ4v) is 6.84. The van der Waals surface area contributed by atoms with Crippen LogP contribution < -0.4 is 4.90 Å². The van der Waals surface area contributed by atoms with Crippen LogP contribution in [0, 0.1) is 0 Å². The molecule has 0 bridgehead atoms. The molecule has 0 aliphatic rings. The number of para-hydroxylation sites is 1. The van der Waals surface area contributed by atoms with Gasteiger partial charge in [0, 0.05) is 27.7 Å². The van der Waals surface area contributed by atoms with Crippen LogP contribution in [0.25, 0.3) is 66.1 Å². The summed E-state index contributed by atoms with van der Waals surface area (Å²) in [6, 6.07) is 67.0. The lowest BCUT2D eigenvalue weighted by Crippen LogP contribution is -2.11. The van der Waals surface area contributed by atoms with Gasteiger partial charge in [0.1, 0.15) is 11.2 Å². The summed E-state index contributed by atoms with van der Waals surface area (Å²) < 4.78 is 6.35. The summed E-state index contributed by atoms with van der Waals surface area (Å²) in [5.74, 6) is 0. The molecule has 48 heavy (non-hydrogen) atoms. The number of nitrogens with zero attached hydrogens (tertiary/aromatic N) is 1. The SMILES string of the molecule is c1ccc(-c2ccc(N(c3ccc(-c4ccccc4)cc3)c3ccccc3-c3ccc4oc5cc6ccccc6cc5c4c3)cc2)cc1. The second-order valence-corrected chi connectivity index (χ2v) is 12.2. The van der Waals surface area contributed by atoms with Gasteiger partial charge in [-0.05, 0) is 93.2 Å². The monoisotopic (exact) mass is 613 g/mol. The van der Waals surface area contributed by atoms with Crippen LogP contribution in [0.4, 0.5) is 17.1 Å². The molecule has 0 saturated carbocycles. The first kappa shape index (κ1) is 27.9. The first-order valence-corrected chi connectivity index (χ1v) is 16.3. The van der Waals surface area contributed by atoms with Crippen LogP contribution in [-0.2, 0) is 0 Å². The highest BCUT2D eigenvalue weighted by molar-refractivity contribution is 6.11. The zero-order chi connectivity index (χ0) is 31.9. The van der Waals surface area contributed by atoms with E-state index in [1.54, 1.807) is 0 Å². The largest absolute Gasteiger partial charge is 0.456 e. The van der Waals surface area contributed by atoms with Crippen molar-refractivity contribution in [1.29, 1.82) is 0 Å².